The van der Waals surface area contributed by atoms with Crippen molar-refractivity contribution in [3.8, 4) is 0 Å². The zero-order valence-electron chi connectivity index (χ0n) is 12.4. The highest BCUT2D eigenvalue weighted by Crippen LogP contribution is 2.29. The van der Waals surface area contributed by atoms with E-state index >= 15 is 0 Å². The number of likely N-dealkylation sites (tertiary alicyclic amines) is 1. The van der Waals surface area contributed by atoms with Crippen LogP contribution in [0.5, 0.6) is 0 Å². The molecule has 7 nitrogen and oxygen atoms in total. The number of nitrogens with zero attached hydrogens (tertiary/aromatic N) is 3. The van der Waals surface area contributed by atoms with Crippen molar-refractivity contribution in [2.24, 2.45) is 0 Å². The van der Waals surface area contributed by atoms with E-state index < -0.39 is 6.03 Å². The van der Waals surface area contributed by atoms with Crippen LogP contribution in [0.1, 0.15) is 29.5 Å². The standard InChI is InChI=1S/C14H18N4O3S/c1-9-8-22-13(15-9)10-3-2-4-17(5-10)12(20)7-18-6-11(19)16-14(18)21/h8,10H,2-7H2,1H3,(H,16,19,21). The number of urea groups is 1. The molecule has 1 N–H and O–H groups in total. The number of hydrogen-bond acceptors (Lipinski definition) is 5. The summed E-state index contributed by atoms with van der Waals surface area (Å²) < 4.78 is 0. The maximum absolute atomic E-state index is 12.4. The van der Waals surface area contributed by atoms with E-state index in [1.165, 1.54) is 4.90 Å². The lowest BCUT2D eigenvalue weighted by molar-refractivity contribution is -0.132. The van der Waals surface area contributed by atoms with Crippen LogP contribution in [0.4, 0.5) is 4.79 Å². The molecule has 0 aliphatic carbocycles. The van der Waals surface area contributed by atoms with Gasteiger partial charge in [-0.3, -0.25) is 14.9 Å². The van der Waals surface area contributed by atoms with E-state index in [2.05, 4.69) is 10.3 Å². The first kappa shape index (κ1) is 15.0. The molecule has 1 atom stereocenters. The normalized spacial score (nSPS) is 22.1. The number of nitrogens with one attached hydrogen (secondary N) is 1. The number of aryl methyl sites for hydroxylation is 1. The first-order valence-corrected chi connectivity index (χ1v) is 8.19. The quantitative estimate of drug-likeness (QED) is 0.831. The molecule has 0 bridgehead atoms. The molecule has 118 valence electrons. The minimum Gasteiger partial charge on any atom is -0.340 e. The predicted octanol–water partition coefficient (Wildman–Crippen LogP) is 0.709. The van der Waals surface area contributed by atoms with Crippen molar-refractivity contribution < 1.29 is 14.4 Å². The lowest BCUT2D eigenvalue weighted by Gasteiger charge is -2.32. The molecule has 4 amide bonds. The van der Waals surface area contributed by atoms with Crippen LogP contribution in [-0.2, 0) is 9.59 Å². The molecule has 1 aromatic rings. The average molecular weight is 322 g/mol. The number of aromatic nitrogens is 1. The average Bonchev–Trinajstić information content (AvgIpc) is 3.05. The Bertz CT molecular complexity index is 615. The van der Waals surface area contributed by atoms with Gasteiger partial charge in [-0.2, -0.15) is 0 Å². The Hall–Kier alpha value is -1.96. The molecule has 3 rings (SSSR count). The highest BCUT2D eigenvalue weighted by molar-refractivity contribution is 7.09. The maximum Gasteiger partial charge on any atom is 0.325 e. The molecule has 1 unspecified atom stereocenters. The number of piperidine rings is 1. The molecule has 2 saturated heterocycles. The third-order valence-electron chi connectivity index (χ3n) is 3.95. The van der Waals surface area contributed by atoms with Crippen molar-refractivity contribution in [2.45, 2.75) is 25.7 Å². The van der Waals surface area contributed by atoms with Gasteiger partial charge in [0.2, 0.25) is 11.8 Å². The summed E-state index contributed by atoms with van der Waals surface area (Å²) in [6, 6.07) is -0.484. The number of amides is 4. The monoisotopic (exact) mass is 322 g/mol. The lowest BCUT2D eigenvalue weighted by atomic mass is 9.98. The first-order valence-electron chi connectivity index (χ1n) is 7.31. The number of hydrogen-bond donors (Lipinski definition) is 1. The fraction of sp³-hybridized carbons (Fsp3) is 0.571. The smallest absolute Gasteiger partial charge is 0.325 e. The molecule has 22 heavy (non-hydrogen) atoms. The minimum absolute atomic E-state index is 0.0342. The highest BCUT2D eigenvalue weighted by atomic mass is 32.1. The van der Waals surface area contributed by atoms with Gasteiger partial charge in [-0.15, -0.1) is 11.3 Å². The zero-order chi connectivity index (χ0) is 15.7. The Balaban J connectivity index is 1.60. The highest BCUT2D eigenvalue weighted by Gasteiger charge is 2.32. The van der Waals surface area contributed by atoms with Crippen molar-refractivity contribution in [1.29, 1.82) is 0 Å². The lowest BCUT2D eigenvalue weighted by Crippen LogP contribution is -2.45. The largest absolute Gasteiger partial charge is 0.340 e. The van der Waals surface area contributed by atoms with Crippen molar-refractivity contribution >= 4 is 29.2 Å². The molecule has 3 heterocycles. The molecule has 8 heteroatoms. The molecular weight excluding hydrogens is 304 g/mol. The number of rotatable bonds is 3. The fourth-order valence-corrected chi connectivity index (χ4v) is 3.76. The summed E-state index contributed by atoms with van der Waals surface area (Å²) in [5.41, 5.74) is 1.01. The molecular formula is C14H18N4O3S. The van der Waals surface area contributed by atoms with E-state index in [-0.39, 0.29) is 30.8 Å². The second-order valence-corrected chi connectivity index (χ2v) is 6.61. The first-order chi connectivity index (χ1) is 10.5. The van der Waals surface area contributed by atoms with Crippen LogP contribution >= 0.6 is 11.3 Å². The Morgan fingerprint density at radius 3 is 2.95 bits per heavy atom. The molecule has 2 aliphatic rings. The molecule has 0 spiro atoms. The van der Waals surface area contributed by atoms with Gasteiger partial charge in [-0.25, -0.2) is 9.78 Å². The molecule has 0 radical (unpaired) electrons. The third kappa shape index (κ3) is 3.11. The van der Waals surface area contributed by atoms with Gasteiger partial charge in [0.25, 0.3) is 0 Å². The van der Waals surface area contributed by atoms with Gasteiger partial charge < -0.3 is 9.80 Å². The van der Waals surface area contributed by atoms with E-state index in [0.29, 0.717) is 13.1 Å². The van der Waals surface area contributed by atoms with Gasteiger partial charge in [-0.05, 0) is 19.8 Å². The summed E-state index contributed by atoms with van der Waals surface area (Å²) in [5, 5.41) is 5.28. The number of thiazole rings is 1. The number of imide groups is 1. The van der Waals surface area contributed by atoms with E-state index in [1.54, 1.807) is 16.2 Å². The van der Waals surface area contributed by atoms with Crippen LogP contribution in [0.25, 0.3) is 0 Å². The summed E-state index contributed by atoms with van der Waals surface area (Å²) in [6.07, 6.45) is 1.96. The van der Waals surface area contributed by atoms with Crippen molar-refractivity contribution in [2.75, 3.05) is 26.2 Å². The van der Waals surface area contributed by atoms with Gasteiger partial charge in [-0.1, -0.05) is 0 Å². The maximum atomic E-state index is 12.4. The van der Waals surface area contributed by atoms with Crippen molar-refractivity contribution in [1.82, 2.24) is 20.1 Å². The van der Waals surface area contributed by atoms with Gasteiger partial charge in [0.1, 0.15) is 13.1 Å². The van der Waals surface area contributed by atoms with Gasteiger partial charge in [0.05, 0.1) is 5.01 Å². The Labute approximate surface area is 132 Å². The van der Waals surface area contributed by atoms with Gasteiger partial charge in [0.15, 0.2) is 0 Å². The van der Waals surface area contributed by atoms with E-state index in [0.717, 1.165) is 23.5 Å². The summed E-state index contributed by atoms with van der Waals surface area (Å²) in [6.45, 7) is 3.22. The Kier molecular flexibility index (Phi) is 4.10. The number of carbonyl (C=O) groups excluding carboxylic acids is 3. The zero-order valence-corrected chi connectivity index (χ0v) is 13.2. The van der Waals surface area contributed by atoms with Crippen LogP contribution < -0.4 is 5.32 Å². The second-order valence-electron chi connectivity index (χ2n) is 5.72. The summed E-state index contributed by atoms with van der Waals surface area (Å²) in [7, 11) is 0. The van der Waals surface area contributed by atoms with Crippen LogP contribution in [0.2, 0.25) is 0 Å². The van der Waals surface area contributed by atoms with Crippen LogP contribution in [0, 0.1) is 6.92 Å². The summed E-state index contributed by atoms with van der Waals surface area (Å²) in [5.74, 6) is -0.194. The van der Waals surface area contributed by atoms with E-state index in [1.807, 2.05) is 12.3 Å². The molecule has 2 fully saturated rings. The van der Waals surface area contributed by atoms with E-state index in [9.17, 15) is 14.4 Å². The molecule has 1 aromatic heterocycles. The fourth-order valence-electron chi connectivity index (χ4n) is 2.84. The minimum atomic E-state index is -0.484. The summed E-state index contributed by atoms with van der Waals surface area (Å²) in [4.78, 5) is 42.6. The molecule has 0 saturated carbocycles. The van der Waals surface area contributed by atoms with Crippen molar-refractivity contribution in [3.63, 3.8) is 0 Å². The Morgan fingerprint density at radius 2 is 2.32 bits per heavy atom. The van der Waals surface area contributed by atoms with E-state index in [4.69, 9.17) is 0 Å². The second kappa shape index (κ2) is 6.04. The van der Waals surface area contributed by atoms with Gasteiger partial charge >= 0.3 is 6.03 Å². The number of carbonyl (C=O) groups is 3. The summed E-state index contributed by atoms with van der Waals surface area (Å²) >= 11 is 1.64. The van der Waals surface area contributed by atoms with Crippen LogP contribution in [0.3, 0.4) is 0 Å². The van der Waals surface area contributed by atoms with Crippen LogP contribution in [0.15, 0.2) is 5.38 Å². The van der Waals surface area contributed by atoms with Crippen LogP contribution in [-0.4, -0.2) is 58.8 Å². The molecule has 0 aromatic carbocycles. The Morgan fingerprint density at radius 1 is 1.50 bits per heavy atom. The SMILES string of the molecule is Cc1csc(C2CCCN(C(=O)CN3CC(=O)NC3=O)C2)n1. The van der Waals surface area contributed by atoms with Crippen molar-refractivity contribution in [3.05, 3.63) is 16.1 Å². The third-order valence-corrected chi connectivity index (χ3v) is 5.08. The van der Waals surface area contributed by atoms with Gasteiger partial charge in [0, 0.05) is 30.1 Å². The predicted molar refractivity (Wildman–Crippen MR) is 80.5 cm³/mol. The topological polar surface area (TPSA) is 82.6 Å². The molecule has 2 aliphatic heterocycles.